The molecule has 0 bridgehead atoms. The van der Waals surface area contributed by atoms with Crippen molar-refractivity contribution in [2.45, 2.75) is 139 Å². The van der Waals surface area contributed by atoms with E-state index >= 15 is 0 Å². The molecule has 480 valence electrons. The molecular weight excluding hydrogens is 1210 g/mol. The lowest BCUT2D eigenvalue weighted by Gasteiger charge is -2.39. The number of nitrogens with zero attached hydrogens (tertiary/aromatic N) is 5. The Hall–Kier alpha value is -7.36. The summed E-state index contributed by atoms with van der Waals surface area (Å²) < 4.78 is 69.0. The number of hydrogen-bond donors (Lipinski definition) is 8. The Morgan fingerprint density at radius 3 is 2.25 bits per heavy atom. The SMILES string of the molecule is CC(C)(C)c1ccc(CC(NC(=O)C(CCC(N)=O)NC(=O)[C@@H]2CC[C@@H]3CCN(CC(F)F)C[C@H](NC(=O)c4cc5cc(C(F)(F)P(=O)(O)O)ccc5s4)C(=O)N32)C(=O)N2CCN(CCCNc3cccc4c3CN(C3CCC(=O)NC3=O)C4=O)CC2)cc1. The summed E-state index contributed by atoms with van der Waals surface area (Å²) in [6.45, 7) is 8.12. The fraction of sp³-hybridized carbons (Fsp3) is 0.517. The summed E-state index contributed by atoms with van der Waals surface area (Å²) in [6, 6.07) is 10.1. The summed E-state index contributed by atoms with van der Waals surface area (Å²) in [7, 11) is -5.94. The van der Waals surface area contributed by atoms with Gasteiger partial charge in [0.15, 0.2) is 0 Å². The Kier molecular flexibility index (Phi) is 20.3. The first-order valence-corrected chi connectivity index (χ1v) is 32.1. The zero-order valence-corrected chi connectivity index (χ0v) is 51.2. The molecular formula is C60H74F4N11O12PS. The van der Waals surface area contributed by atoms with Gasteiger partial charge in [-0.3, -0.25) is 62.8 Å². The lowest BCUT2D eigenvalue weighted by atomic mass is 9.86. The second kappa shape index (κ2) is 27.4. The molecule has 0 spiro atoms. The van der Waals surface area contributed by atoms with E-state index in [9.17, 15) is 75.1 Å². The van der Waals surface area contributed by atoms with Crippen LogP contribution in [0.4, 0.5) is 23.2 Å². The molecule has 4 aromatic rings. The van der Waals surface area contributed by atoms with Crippen LogP contribution in [0.5, 0.6) is 0 Å². The number of imide groups is 1. The van der Waals surface area contributed by atoms with E-state index in [4.69, 9.17) is 5.73 Å². The van der Waals surface area contributed by atoms with Gasteiger partial charge in [-0.2, -0.15) is 8.78 Å². The molecule has 0 aliphatic carbocycles. The van der Waals surface area contributed by atoms with Gasteiger partial charge in [-0.1, -0.05) is 57.2 Å². The van der Waals surface area contributed by atoms with E-state index in [0.29, 0.717) is 51.3 Å². The van der Waals surface area contributed by atoms with Crippen molar-refractivity contribution < 1.29 is 75.1 Å². The standard InChI is InChI=1S/C60H74F4N11O12PS/c1-59(2,3)36-10-8-34(9-11-36)28-43(57(83)73-26-24-71(25-27-73)22-5-21-66-41-7-4-6-39-40(41)31-74(56(39)82)45-16-19-51(77)70-53(45)79)68-52(78)42(14-18-50(65)76)67-54(80)46-15-13-38-20-23-72(33-49(61)62)32-44(58(84)75(38)46)69-55(81)48-30-35-29-37(12-17-47(35)89-48)60(63,64)88(85,86)87/h4,6-12,17,29-30,38,42-46,49,66H,5,13-16,18-28,31-33H2,1-3H3,(H2,65,76)(H,67,80)(H,68,78)(H,69,81)(H,70,77,79)(H2,85,86,87)/t38-,42?,43?,44+,45?,46+/m1/s1. The third kappa shape index (κ3) is 15.5. The molecule has 3 aromatic carbocycles. The number of rotatable bonds is 22. The number of nitrogens with one attached hydrogen (secondary N) is 5. The van der Waals surface area contributed by atoms with Crippen LogP contribution >= 0.6 is 18.9 Å². The number of fused-ring (bicyclic) bond motifs is 3. The Bertz CT molecular complexity index is 3430. The molecule has 0 radical (unpaired) electrons. The van der Waals surface area contributed by atoms with Gasteiger partial charge in [0.05, 0.1) is 11.4 Å². The number of alkyl halides is 4. The lowest BCUT2D eigenvalue weighted by molar-refractivity contribution is -0.144. The van der Waals surface area contributed by atoms with Crippen LogP contribution in [0.15, 0.2) is 66.7 Å². The quantitative estimate of drug-likeness (QED) is 0.0241. The van der Waals surface area contributed by atoms with Gasteiger partial charge in [0.25, 0.3) is 18.2 Å². The minimum Gasteiger partial charge on any atom is -0.385 e. The first kappa shape index (κ1) is 66.1. The summed E-state index contributed by atoms with van der Waals surface area (Å²) in [4.78, 5) is 149. The van der Waals surface area contributed by atoms with Gasteiger partial charge < -0.3 is 51.5 Å². The molecule has 3 unspecified atom stereocenters. The van der Waals surface area contributed by atoms with Gasteiger partial charge in [-0.05, 0) is 97.3 Å². The zero-order chi connectivity index (χ0) is 64.3. The van der Waals surface area contributed by atoms with Gasteiger partial charge in [-0.25, -0.2) is 8.78 Å². The van der Waals surface area contributed by atoms with Gasteiger partial charge in [-0.15, -0.1) is 11.3 Å². The fourth-order valence-electron chi connectivity index (χ4n) is 12.3. The molecule has 9 N–H and O–H groups in total. The number of anilines is 1. The topological polar surface area (TPSA) is 314 Å². The molecule has 9 amide bonds. The molecule has 1 aromatic heterocycles. The van der Waals surface area contributed by atoms with Crippen LogP contribution in [-0.2, 0) is 62.2 Å². The second-order valence-corrected chi connectivity index (χ2v) is 27.1. The number of carbonyl (C=O) groups is 9. The maximum atomic E-state index is 14.8. The van der Waals surface area contributed by atoms with Crippen molar-refractivity contribution in [2.75, 3.05) is 64.2 Å². The maximum absolute atomic E-state index is 14.8. The smallest absolute Gasteiger partial charge is 0.385 e. The zero-order valence-electron chi connectivity index (χ0n) is 49.5. The highest BCUT2D eigenvalue weighted by Crippen LogP contribution is 2.59. The van der Waals surface area contributed by atoms with Crippen molar-refractivity contribution in [3.05, 3.63) is 99.4 Å². The third-order valence-corrected chi connectivity index (χ3v) is 19.3. The number of piperazine rings is 1. The van der Waals surface area contributed by atoms with Gasteiger partial charge in [0.2, 0.25) is 41.4 Å². The van der Waals surface area contributed by atoms with E-state index in [1.165, 1.54) is 20.8 Å². The number of carbonyl (C=O) groups excluding carboxylic acids is 9. The highest BCUT2D eigenvalue weighted by Gasteiger charge is 2.51. The fourth-order valence-corrected chi connectivity index (χ4v) is 13.7. The van der Waals surface area contributed by atoms with Crippen molar-refractivity contribution in [1.82, 2.24) is 45.8 Å². The first-order chi connectivity index (χ1) is 42.1. The monoisotopic (exact) mass is 1280 g/mol. The maximum Gasteiger partial charge on any atom is 0.399 e. The van der Waals surface area contributed by atoms with E-state index < -0.39 is 110 Å². The van der Waals surface area contributed by atoms with Crippen LogP contribution in [0, 0.1) is 0 Å². The summed E-state index contributed by atoms with van der Waals surface area (Å²) >= 11 is 0.815. The predicted molar refractivity (Wildman–Crippen MR) is 319 cm³/mol. The van der Waals surface area contributed by atoms with Gasteiger partial charge >= 0.3 is 13.3 Å². The van der Waals surface area contributed by atoms with Crippen molar-refractivity contribution in [3.8, 4) is 0 Å². The van der Waals surface area contributed by atoms with Crippen LogP contribution < -0.4 is 32.3 Å². The third-order valence-electron chi connectivity index (χ3n) is 17.2. The minimum absolute atomic E-state index is 0.0283. The highest BCUT2D eigenvalue weighted by atomic mass is 32.1. The number of benzene rings is 3. The van der Waals surface area contributed by atoms with Crippen LogP contribution in [-0.4, -0.2) is 189 Å². The molecule has 29 heteroatoms. The molecule has 6 heterocycles. The Balaban J connectivity index is 0.861. The van der Waals surface area contributed by atoms with E-state index in [0.717, 1.165) is 51.9 Å². The van der Waals surface area contributed by atoms with E-state index in [-0.39, 0.29) is 103 Å². The Morgan fingerprint density at radius 2 is 1.57 bits per heavy atom. The summed E-state index contributed by atoms with van der Waals surface area (Å²) in [5.74, 6) is -5.63. The average Bonchev–Trinajstić information content (AvgIpc) is 1.77. The lowest BCUT2D eigenvalue weighted by Crippen LogP contribution is -2.62. The molecule has 89 heavy (non-hydrogen) atoms. The summed E-state index contributed by atoms with van der Waals surface area (Å²) in [5.41, 5.74) is 3.65. The molecule has 23 nitrogen and oxygen atoms in total. The van der Waals surface area contributed by atoms with Gasteiger partial charge in [0, 0.05) is 105 Å². The van der Waals surface area contributed by atoms with E-state index in [1.807, 2.05) is 30.3 Å². The van der Waals surface area contributed by atoms with E-state index in [1.54, 1.807) is 17.0 Å². The molecule has 4 saturated heterocycles. The normalized spacial score (nSPS) is 21.2. The number of piperidine rings is 1. The van der Waals surface area contributed by atoms with E-state index in [2.05, 4.69) is 52.3 Å². The number of halogens is 4. The predicted octanol–water partition coefficient (Wildman–Crippen LogP) is 3.74. The van der Waals surface area contributed by atoms with Crippen LogP contribution in [0.2, 0.25) is 0 Å². The molecule has 5 aliphatic heterocycles. The minimum atomic E-state index is -5.94. The van der Waals surface area contributed by atoms with Crippen molar-refractivity contribution in [1.29, 1.82) is 0 Å². The average molecular weight is 1280 g/mol. The van der Waals surface area contributed by atoms with Crippen LogP contribution in [0.25, 0.3) is 10.1 Å². The number of primary amides is 1. The van der Waals surface area contributed by atoms with Crippen molar-refractivity contribution >= 4 is 87.9 Å². The molecule has 9 rings (SSSR count). The number of hydrogen-bond acceptors (Lipinski definition) is 14. The summed E-state index contributed by atoms with van der Waals surface area (Å²) in [5, 5.41) is 14.0. The van der Waals surface area contributed by atoms with Crippen molar-refractivity contribution in [2.24, 2.45) is 5.73 Å². The number of thiophene rings is 1. The van der Waals surface area contributed by atoms with Gasteiger partial charge in [0.1, 0.15) is 30.2 Å². The Labute approximate surface area is 514 Å². The molecule has 4 fully saturated rings. The molecule has 5 aliphatic rings. The first-order valence-electron chi connectivity index (χ1n) is 29.7. The molecule has 6 atom stereocenters. The second-order valence-electron chi connectivity index (χ2n) is 24.4. The number of amides is 9. The van der Waals surface area contributed by atoms with Crippen molar-refractivity contribution in [3.63, 3.8) is 0 Å². The Morgan fingerprint density at radius 1 is 0.854 bits per heavy atom. The largest absolute Gasteiger partial charge is 0.399 e. The number of nitrogens with two attached hydrogens (primary N) is 1. The van der Waals surface area contributed by atoms with Crippen LogP contribution in [0.1, 0.15) is 114 Å². The highest BCUT2D eigenvalue weighted by molar-refractivity contribution is 7.52. The molecule has 0 saturated carbocycles. The summed E-state index contributed by atoms with van der Waals surface area (Å²) in [6.07, 6.45) is -1.90. The van der Waals surface area contributed by atoms with Crippen LogP contribution in [0.3, 0.4) is 0 Å².